The third kappa shape index (κ3) is 3.48. The van der Waals surface area contributed by atoms with Gasteiger partial charge in [0, 0.05) is 21.7 Å². The van der Waals surface area contributed by atoms with Crippen molar-refractivity contribution in [3.8, 4) is 0 Å². The van der Waals surface area contributed by atoms with Crippen LogP contribution in [-0.4, -0.2) is 14.7 Å². The summed E-state index contributed by atoms with van der Waals surface area (Å²) in [5.74, 6) is -0.301. The van der Waals surface area contributed by atoms with E-state index in [0.717, 1.165) is 16.0 Å². The number of anilines is 1. The zero-order chi connectivity index (χ0) is 14.0. The highest BCUT2D eigenvalue weighted by atomic mass is 32.2. The van der Waals surface area contributed by atoms with Crippen LogP contribution in [0.15, 0.2) is 57.2 Å². The fourth-order valence-corrected chi connectivity index (χ4v) is 2.97. The van der Waals surface area contributed by atoms with Crippen LogP contribution >= 0.6 is 11.8 Å². The van der Waals surface area contributed by atoms with Crippen LogP contribution in [0.3, 0.4) is 0 Å². The lowest BCUT2D eigenvalue weighted by atomic mass is 10.3. The Labute approximate surface area is 115 Å². The van der Waals surface area contributed by atoms with Gasteiger partial charge < -0.3 is 5.73 Å². The summed E-state index contributed by atoms with van der Waals surface area (Å²) in [4.78, 5) is 1.76. The Kier molecular flexibility index (Phi) is 3.82. The summed E-state index contributed by atoms with van der Waals surface area (Å²) in [7, 11) is -3.26. The number of nitrogen functional groups attached to an aromatic ring is 1. The molecule has 19 heavy (non-hydrogen) atoms. The van der Waals surface area contributed by atoms with Gasteiger partial charge >= 0.3 is 0 Å². The summed E-state index contributed by atoms with van der Waals surface area (Å²) < 4.78 is 35.6. The SMILES string of the molecule is CS(=O)(=O)c1ccc(Sc2ccc(F)cc2)c(N)c1. The van der Waals surface area contributed by atoms with Gasteiger partial charge in [-0.2, -0.15) is 0 Å². The third-order valence-corrected chi connectivity index (χ3v) is 4.66. The molecule has 0 aliphatic carbocycles. The minimum absolute atomic E-state index is 0.188. The third-order valence-electron chi connectivity index (χ3n) is 2.45. The van der Waals surface area contributed by atoms with E-state index in [4.69, 9.17) is 5.73 Å². The van der Waals surface area contributed by atoms with Gasteiger partial charge in [0.25, 0.3) is 0 Å². The van der Waals surface area contributed by atoms with E-state index < -0.39 is 9.84 Å². The molecule has 2 aromatic rings. The molecular weight excluding hydrogens is 285 g/mol. The number of benzene rings is 2. The number of sulfone groups is 1. The highest BCUT2D eigenvalue weighted by molar-refractivity contribution is 7.99. The van der Waals surface area contributed by atoms with E-state index in [1.54, 1.807) is 18.2 Å². The van der Waals surface area contributed by atoms with Gasteiger partial charge in [-0.15, -0.1) is 0 Å². The Hall–Kier alpha value is -1.53. The molecule has 0 aliphatic heterocycles. The number of rotatable bonds is 3. The molecule has 2 aromatic carbocycles. The van der Waals surface area contributed by atoms with Crippen molar-refractivity contribution in [2.75, 3.05) is 12.0 Å². The Bertz CT molecular complexity index is 697. The summed E-state index contributed by atoms with van der Waals surface area (Å²) in [6, 6.07) is 10.6. The summed E-state index contributed by atoms with van der Waals surface area (Å²) >= 11 is 1.36. The second-order valence-electron chi connectivity index (χ2n) is 4.03. The van der Waals surface area contributed by atoms with Crippen molar-refractivity contribution < 1.29 is 12.8 Å². The maximum atomic E-state index is 12.8. The van der Waals surface area contributed by atoms with Crippen molar-refractivity contribution in [2.24, 2.45) is 0 Å². The fourth-order valence-electron chi connectivity index (χ4n) is 1.48. The zero-order valence-electron chi connectivity index (χ0n) is 10.1. The van der Waals surface area contributed by atoms with Crippen LogP contribution in [-0.2, 0) is 9.84 Å². The Morgan fingerprint density at radius 2 is 1.74 bits per heavy atom. The molecule has 0 fully saturated rings. The average Bonchev–Trinajstić information content (AvgIpc) is 2.33. The summed E-state index contributed by atoms with van der Waals surface area (Å²) in [6.45, 7) is 0. The predicted octanol–water partition coefficient (Wildman–Crippen LogP) is 2.96. The van der Waals surface area contributed by atoms with Gasteiger partial charge in [-0.05, 0) is 42.5 Å². The molecule has 0 spiro atoms. The molecule has 0 amide bonds. The van der Waals surface area contributed by atoms with Crippen molar-refractivity contribution in [3.05, 3.63) is 48.3 Å². The van der Waals surface area contributed by atoms with Crippen LogP contribution in [0, 0.1) is 5.82 Å². The highest BCUT2D eigenvalue weighted by Gasteiger charge is 2.10. The topological polar surface area (TPSA) is 60.2 Å². The smallest absolute Gasteiger partial charge is 0.175 e. The van der Waals surface area contributed by atoms with E-state index in [0.29, 0.717) is 5.69 Å². The predicted molar refractivity (Wildman–Crippen MR) is 74.5 cm³/mol. The van der Waals surface area contributed by atoms with Crippen molar-refractivity contribution in [2.45, 2.75) is 14.7 Å². The minimum atomic E-state index is -3.26. The van der Waals surface area contributed by atoms with E-state index in [9.17, 15) is 12.8 Å². The molecule has 6 heteroatoms. The summed E-state index contributed by atoms with van der Waals surface area (Å²) in [5, 5.41) is 0. The zero-order valence-corrected chi connectivity index (χ0v) is 11.8. The number of hydrogen-bond donors (Lipinski definition) is 1. The lowest BCUT2D eigenvalue weighted by Gasteiger charge is -2.07. The molecule has 3 nitrogen and oxygen atoms in total. The summed E-state index contributed by atoms with van der Waals surface area (Å²) in [5.41, 5.74) is 6.22. The van der Waals surface area contributed by atoms with Crippen LogP contribution in [0.2, 0.25) is 0 Å². The first-order chi connectivity index (χ1) is 8.86. The van der Waals surface area contributed by atoms with Crippen molar-refractivity contribution in [1.29, 1.82) is 0 Å². The first kappa shape index (κ1) is 13.9. The largest absolute Gasteiger partial charge is 0.398 e. The molecule has 100 valence electrons. The minimum Gasteiger partial charge on any atom is -0.398 e. The first-order valence-electron chi connectivity index (χ1n) is 5.39. The maximum Gasteiger partial charge on any atom is 0.175 e. The molecule has 0 saturated heterocycles. The van der Waals surface area contributed by atoms with Gasteiger partial charge in [-0.3, -0.25) is 0 Å². The van der Waals surface area contributed by atoms with E-state index in [1.807, 2.05) is 0 Å². The van der Waals surface area contributed by atoms with Crippen LogP contribution < -0.4 is 5.73 Å². The van der Waals surface area contributed by atoms with Gasteiger partial charge in [0.1, 0.15) is 5.82 Å². The molecule has 2 N–H and O–H groups in total. The number of hydrogen-bond acceptors (Lipinski definition) is 4. The Morgan fingerprint density at radius 3 is 2.26 bits per heavy atom. The maximum absolute atomic E-state index is 12.8. The molecule has 0 atom stereocenters. The van der Waals surface area contributed by atoms with E-state index >= 15 is 0 Å². The van der Waals surface area contributed by atoms with Crippen LogP contribution in [0.4, 0.5) is 10.1 Å². The number of halogens is 1. The molecule has 0 heterocycles. The normalized spacial score (nSPS) is 11.5. The van der Waals surface area contributed by atoms with Gasteiger partial charge in [-0.1, -0.05) is 11.8 Å². The van der Waals surface area contributed by atoms with Crippen molar-refractivity contribution in [1.82, 2.24) is 0 Å². The molecule has 0 radical (unpaired) electrons. The second kappa shape index (κ2) is 5.22. The molecule has 0 saturated carbocycles. The van der Waals surface area contributed by atoms with Crippen LogP contribution in [0.1, 0.15) is 0 Å². The molecule has 2 rings (SSSR count). The molecule has 0 unspecified atom stereocenters. The first-order valence-corrected chi connectivity index (χ1v) is 8.10. The molecule has 0 bridgehead atoms. The molecular formula is C13H12FNO2S2. The molecule has 0 aliphatic rings. The Morgan fingerprint density at radius 1 is 1.11 bits per heavy atom. The Balaban J connectivity index is 2.29. The molecule has 0 aromatic heterocycles. The van der Waals surface area contributed by atoms with Crippen LogP contribution in [0.25, 0.3) is 0 Å². The number of nitrogens with two attached hydrogens (primary N) is 1. The average molecular weight is 297 g/mol. The summed E-state index contributed by atoms with van der Waals surface area (Å²) in [6.07, 6.45) is 1.13. The van der Waals surface area contributed by atoms with Crippen LogP contribution in [0.5, 0.6) is 0 Å². The lowest BCUT2D eigenvalue weighted by Crippen LogP contribution is -1.99. The van der Waals surface area contributed by atoms with E-state index in [1.165, 1.54) is 36.0 Å². The fraction of sp³-hybridized carbons (Fsp3) is 0.0769. The van der Waals surface area contributed by atoms with E-state index in [2.05, 4.69) is 0 Å². The van der Waals surface area contributed by atoms with Gasteiger partial charge in [0.15, 0.2) is 9.84 Å². The van der Waals surface area contributed by atoms with Crippen molar-refractivity contribution >= 4 is 27.3 Å². The standard InChI is InChI=1S/C13H12FNO2S2/c1-19(16,17)11-6-7-13(12(15)8-11)18-10-4-2-9(14)3-5-10/h2-8H,15H2,1H3. The van der Waals surface area contributed by atoms with Gasteiger partial charge in [0.05, 0.1) is 4.90 Å². The van der Waals surface area contributed by atoms with Gasteiger partial charge in [0.2, 0.25) is 0 Å². The lowest BCUT2D eigenvalue weighted by molar-refractivity contribution is 0.602. The van der Waals surface area contributed by atoms with Gasteiger partial charge in [-0.25, -0.2) is 12.8 Å². The van der Waals surface area contributed by atoms with Crippen molar-refractivity contribution in [3.63, 3.8) is 0 Å². The monoisotopic (exact) mass is 297 g/mol. The quantitative estimate of drug-likeness (QED) is 0.885. The highest BCUT2D eigenvalue weighted by Crippen LogP contribution is 2.33. The second-order valence-corrected chi connectivity index (χ2v) is 7.16. The van der Waals surface area contributed by atoms with E-state index in [-0.39, 0.29) is 10.7 Å².